The number of halogens is 1. The highest BCUT2D eigenvalue weighted by atomic mass is 35.5. The third kappa shape index (κ3) is 3.50. The van der Waals surface area contributed by atoms with Crippen molar-refractivity contribution in [2.24, 2.45) is 0 Å². The van der Waals surface area contributed by atoms with Gasteiger partial charge in [-0.2, -0.15) is 5.26 Å². The topological polar surface area (TPSA) is 71.1 Å². The van der Waals surface area contributed by atoms with Gasteiger partial charge in [0.1, 0.15) is 5.75 Å². The Kier molecular flexibility index (Phi) is 4.69. The van der Waals surface area contributed by atoms with Crippen molar-refractivity contribution in [3.63, 3.8) is 0 Å². The van der Waals surface area contributed by atoms with Gasteiger partial charge in [-0.1, -0.05) is 11.6 Å². The van der Waals surface area contributed by atoms with Gasteiger partial charge in [-0.25, -0.2) is 4.98 Å². The van der Waals surface area contributed by atoms with E-state index in [0.29, 0.717) is 34.5 Å². The number of ether oxygens (including phenoxy) is 1. The van der Waals surface area contributed by atoms with Crippen LogP contribution in [0.4, 0.5) is 5.69 Å². The molecule has 0 aliphatic heterocycles. The standard InChI is InChI=1S/C18H14ClN3O2/c1-23-16-7-6-14(8-15(16)19)21-11-18-22-10-17(24-18)13-4-2-12(9-20)3-5-13/h2-8,10,21H,11H2,1H3. The maximum atomic E-state index is 8.82. The Bertz CT molecular complexity index is 882. The summed E-state index contributed by atoms with van der Waals surface area (Å²) in [6.45, 7) is 0.430. The minimum absolute atomic E-state index is 0.430. The summed E-state index contributed by atoms with van der Waals surface area (Å²) in [5, 5.41) is 12.6. The monoisotopic (exact) mass is 339 g/mol. The molecule has 3 aromatic rings. The number of aromatic nitrogens is 1. The molecule has 0 amide bonds. The molecule has 0 fully saturated rings. The predicted molar refractivity (Wildman–Crippen MR) is 92.0 cm³/mol. The quantitative estimate of drug-likeness (QED) is 0.741. The Morgan fingerprint density at radius 1 is 1.25 bits per heavy atom. The lowest BCUT2D eigenvalue weighted by Gasteiger charge is -2.07. The summed E-state index contributed by atoms with van der Waals surface area (Å²) < 4.78 is 10.8. The average molecular weight is 340 g/mol. The van der Waals surface area contributed by atoms with E-state index in [1.807, 2.05) is 18.2 Å². The number of benzene rings is 2. The molecule has 0 aliphatic rings. The van der Waals surface area contributed by atoms with Gasteiger partial charge >= 0.3 is 0 Å². The molecule has 0 saturated carbocycles. The van der Waals surface area contributed by atoms with Crippen molar-refractivity contribution in [2.75, 3.05) is 12.4 Å². The lowest BCUT2D eigenvalue weighted by atomic mass is 10.1. The summed E-state index contributed by atoms with van der Waals surface area (Å²) in [5.74, 6) is 1.84. The highest BCUT2D eigenvalue weighted by molar-refractivity contribution is 6.32. The van der Waals surface area contributed by atoms with Crippen LogP contribution in [0, 0.1) is 11.3 Å². The Labute approximate surface area is 144 Å². The molecular formula is C18H14ClN3O2. The lowest BCUT2D eigenvalue weighted by molar-refractivity contribution is 0.415. The van der Waals surface area contributed by atoms with Gasteiger partial charge in [0.25, 0.3) is 0 Å². The fourth-order valence-electron chi connectivity index (χ4n) is 2.19. The smallest absolute Gasteiger partial charge is 0.214 e. The van der Waals surface area contributed by atoms with Gasteiger partial charge in [0, 0.05) is 11.3 Å². The molecule has 5 nitrogen and oxygen atoms in total. The van der Waals surface area contributed by atoms with Crippen molar-refractivity contribution in [2.45, 2.75) is 6.54 Å². The van der Waals surface area contributed by atoms with Gasteiger partial charge < -0.3 is 14.5 Å². The maximum absolute atomic E-state index is 8.82. The van der Waals surface area contributed by atoms with E-state index >= 15 is 0 Å². The zero-order chi connectivity index (χ0) is 16.9. The van der Waals surface area contributed by atoms with Crippen molar-refractivity contribution < 1.29 is 9.15 Å². The number of nitriles is 1. The van der Waals surface area contributed by atoms with E-state index in [1.165, 1.54) is 0 Å². The second-order valence-corrected chi connectivity index (χ2v) is 5.42. The fraction of sp³-hybridized carbons (Fsp3) is 0.111. The van der Waals surface area contributed by atoms with Crippen LogP contribution in [0.3, 0.4) is 0 Å². The molecule has 0 bridgehead atoms. The van der Waals surface area contributed by atoms with Gasteiger partial charge in [0.15, 0.2) is 5.76 Å². The van der Waals surface area contributed by atoms with E-state index in [-0.39, 0.29) is 0 Å². The first kappa shape index (κ1) is 15.9. The summed E-state index contributed by atoms with van der Waals surface area (Å²) in [6.07, 6.45) is 1.67. The van der Waals surface area contributed by atoms with E-state index in [1.54, 1.807) is 37.6 Å². The molecule has 0 atom stereocenters. The Hall–Kier alpha value is -2.97. The maximum Gasteiger partial charge on any atom is 0.214 e. The summed E-state index contributed by atoms with van der Waals surface area (Å²) in [6, 6.07) is 14.7. The first-order chi connectivity index (χ1) is 11.7. The zero-order valence-corrected chi connectivity index (χ0v) is 13.7. The second-order valence-electron chi connectivity index (χ2n) is 5.01. The third-order valence-corrected chi connectivity index (χ3v) is 3.74. The minimum atomic E-state index is 0.430. The highest BCUT2D eigenvalue weighted by Gasteiger charge is 2.07. The summed E-state index contributed by atoms with van der Waals surface area (Å²) >= 11 is 6.09. The van der Waals surface area contributed by atoms with Gasteiger partial charge in [0.05, 0.1) is 36.5 Å². The second kappa shape index (κ2) is 7.07. The number of hydrogen-bond donors (Lipinski definition) is 1. The molecule has 3 rings (SSSR count). The molecular weight excluding hydrogens is 326 g/mol. The lowest BCUT2D eigenvalue weighted by Crippen LogP contribution is -1.99. The molecule has 1 heterocycles. The minimum Gasteiger partial charge on any atom is -0.495 e. The van der Waals surface area contributed by atoms with E-state index in [0.717, 1.165) is 11.3 Å². The Morgan fingerprint density at radius 2 is 2.04 bits per heavy atom. The molecule has 0 spiro atoms. The van der Waals surface area contributed by atoms with Crippen molar-refractivity contribution in [3.05, 3.63) is 65.1 Å². The van der Waals surface area contributed by atoms with Crippen LogP contribution in [0.15, 0.2) is 53.1 Å². The van der Waals surface area contributed by atoms with E-state index < -0.39 is 0 Å². The third-order valence-electron chi connectivity index (χ3n) is 3.45. The van der Waals surface area contributed by atoms with E-state index in [9.17, 15) is 0 Å². The molecule has 0 radical (unpaired) electrons. The van der Waals surface area contributed by atoms with Gasteiger partial charge in [-0.15, -0.1) is 0 Å². The molecule has 1 aromatic heterocycles. The largest absolute Gasteiger partial charge is 0.495 e. The molecule has 1 N–H and O–H groups in total. The fourth-order valence-corrected chi connectivity index (χ4v) is 2.45. The number of oxazole rings is 1. The number of rotatable bonds is 5. The summed E-state index contributed by atoms with van der Waals surface area (Å²) in [7, 11) is 1.58. The predicted octanol–water partition coefficient (Wildman–Crippen LogP) is 4.49. The molecule has 0 saturated heterocycles. The molecule has 6 heteroatoms. The van der Waals surface area contributed by atoms with Crippen LogP contribution >= 0.6 is 11.6 Å². The molecule has 24 heavy (non-hydrogen) atoms. The first-order valence-electron chi connectivity index (χ1n) is 7.22. The number of methoxy groups -OCH3 is 1. The van der Waals surface area contributed by atoms with Gasteiger partial charge in [-0.05, 0) is 42.5 Å². The number of hydrogen-bond acceptors (Lipinski definition) is 5. The van der Waals surface area contributed by atoms with Crippen molar-refractivity contribution in [1.82, 2.24) is 4.98 Å². The number of anilines is 1. The van der Waals surface area contributed by atoms with E-state index in [2.05, 4.69) is 16.4 Å². The van der Waals surface area contributed by atoms with Gasteiger partial charge in [0.2, 0.25) is 5.89 Å². The first-order valence-corrected chi connectivity index (χ1v) is 7.60. The zero-order valence-electron chi connectivity index (χ0n) is 12.9. The van der Waals surface area contributed by atoms with Crippen molar-refractivity contribution >= 4 is 17.3 Å². The van der Waals surface area contributed by atoms with Crippen LogP contribution in [0.5, 0.6) is 5.75 Å². The van der Waals surface area contributed by atoms with Crippen molar-refractivity contribution in [3.8, 4) is 23.1 Å². The molecule has 0 unspecified atom stereocenters. The number of nitrogens with one attached hydrogen (secondary N) is 1. The van der Waals surface area contributed by atoms with Crippen LogP contribution in [-0.4, -0.2) is 12.1 Å². The Balaban J connectivity index is 1.67. The SMILES string of the molecule is COc1ccc(NCc2ncc(-c3ccc(C#N)cc3)o2)cc1Cl. The van der Waals surface area contributed by atoms with Crippen LogP contribution < -0.4 is 10.1 Å². The van der Waals surface area contributed by atoms with E-state index in [4.69, 9.17) is 26.0 Å². The van der Waals surface area contributed by atoms with Gasteiger partial charge in [-0.3, -0.25) is 0 Å². The molecule has 0 aliphatic carbocycles. The summed E-state index contributed by atoms with van der Waals surface area (Å²) in [4.78, 5) is 4.25. The molecule has 2 aromatic carbocycles. The normalized spacial score (nSPS) is 10.2. The average Bonchev–Trinajstić information content (AvgIpc) is 3.09. The van der Waals surface area contributed by atoms with Crippen molar-refractivity contribution in [1.29, 1.82) is 5.26 Å². The van der Waals surface area contributed by atoms with Crippen LogP contribution in [0.2, 0.25) is 5.02 Å². The van der Waals surface area contributed by atoms with Crippen LogP contribution in [-0.2, 0) is 6.54 Å². The van der Waals surface area contributed by atoms with Crippen LogP contribution in [0.25, 0.3) is 11.3 Å². The van der Waals surface area contributed by atoms with Crippen LogP contribution in [0.1, 0.15) is 11.5 Å². The Morgan fingerprint density at radius 3 is 2.71 bits per heavy atom. The number of nitrogens with zero attached hydrogens (tertiary/aromatic N) is 2. The molecule has 120 valence electrons. The highest BCUT2D eigenvalue weighted by Crippen LogP contribution is 2.27. The summed E-state index contributed by atoms with van der Waals surface area (Å²) in [5.41, 5.74) is 2.33.